The van der Waals surface area contributed by atoms with Gasteiger partial charge in [0, 0.05) is 17.5 Å². The van der Waals surface area contributed by atoms with Gasteiger partial charge in [0.1, 0.15) is 6.07 Å². The van der Waals surface area contributed by atoms with Gasteiger partial charge in [-0.3, -0.25) is 4.98 Å². The fourth-order valence-corrected chi connectivity index (χ4v) is 3.43. The molecule has 1 saturated carbocycles. The van der Waals surface area contributed by atoms with Crippen molar-refractivity contribution < 1.29 is 0 Å². The zero-order valence-electron chi connectivity index (χ0n) is 10.0. The highest BCUT2D eigenvalue weighted by molar-refractivity contribution is 7.99. The predicted molar refractivity (Wildman–Crippen MR) is 72.1 cm³/mol. The first-order valence-electron chi connectivity index (χ1n) is 6.05. The minimum Gasteiger partial charge on any atom is -0.380 e. The van der Waals surface area contributed by atoms with E-state index in [2.05, 4.69) is 23.3 Å². The molecule has 1 fully saturated rings. The first kappa shape index (κ1) is 12.3. The van der Waals surface area contributed by atoms with Crippen molar-refractivity contribution in [2.45, 2.75) is 37.5 Å². The second-order valence-electron chi connectivity index (χ2n) is 4.26. The number of anilines is 1. The molecular formula is C13H17N3S. The van der Waals surface area contributed by atoms with Crippen molar-refractivity contribution in [2.24, 2.45) is 0 Å². The van der Waals surface area contributed by atoms with Crippen LogP contribution in [0.15, 0.2) is 18.5 Å². The van der Waals surface area contributed by atoms with Crippen LogP contribution >= 0.6 is 11.8 Å². The highest BCUT2D eigenvalue weighted by atomic mass is 32.2. The topological polar surface area (TPSA) is 48.7 Å². The normalized spacial score (nSPS) is 23.3. The van der Waals surface area contributed by atoms with E-state index in [4.69, 9.17) is 5.26 Å². The van der Waals surface area contributed by atoms with E-state index in [-0.39, 0.29) is 0 Å². The Morgan fingerprint density at radius 2 is 2.47 bits per heavy atom. The molecule has 0 spiro atoms. The van der Waals surface area contributed by atoms with Gasteiger partial charge in [-0.1, -0.05) is 6.92 Å². The maximum atomic E-state index is 9.01. The van der Waals surface area contributed by atoms with E-state index in [0.717, 1.165) is 10.9 Å². The van der Waals surface area contributed by atoms with E-state index in [9.17, 15) is 0 Å². The highest BCUT2D eigenvalue weighted by Crippen LogP contribution is 2.31. The summed E-state index contributed by atoms with van der Waals surface area (Å²) in [5, 5.41) is 13.2. The Hall–Kier alpha value is -1.21. The number of rotatable bonds is 4. The number of pyridine rings is 1. The van der Waals surface area contributed by atoms with Gasteiger partial charge >= 0.3 is 0 Å². The predicted octanol–water partition coefficient (Wildman–Crippen LogP) is 3.04. The fourth-order valence-electron chi connectivity index (χ4n) is 2.29. The monoisotopic (exact) mass is 247 g/mol. The molecule has 1 aromatic rings. The van der Waals surface area contributed by atoms with Crippen LogP contribution in [0.1, 0.15) is 31.7 Å². The van der Waals surface area contributed by atoms with Gasteiger partial charge in [-0.25, -0.2) is 0 Å². The molecule has 17 heavy (non-hydrogen) atoms. The lowest BCUT2D eigenvalue weighted by atomic mass is 10.2. The molecule has 0 radical (unpaired) electrons. The summed E-state index contributed by atoms with van der Waals surface area (Å²) < 4.78 is 0. The smallest absolute Gasteiger partial charge is 0.101 e. The summed E-state index contributed by atoms with van der Waals surface area (Å²) in [4.78, 5) is 4.07. The van der Waals surface area contributed by atoms with Crippen molar-refractivity contribution in [2.75, 3.05) is 11.1 Å². The largest absolute Gasteiger partial charge is 0.380 e. The van der Waals surface area contributed by atoms with Gasteiger partial charge in [-0.15, -0.1) is 0 Å². The molecule has 0 saturated heterocycles. The molecular weight excluding hydrogens is 230 g/mol. The molecule has 1 aromatic heterocycles. The SMILES string of the molecule is CCSC1CCC(Nc2cnccc2C#N)C1. The fraction of sp³-hybridized carbons (Fsp3) is 0.538. The van der Waals surface area contributed by atoms with Crippen LogP contribution < -0.4 is 5.32 Å². The highest BCUT2D eigenvalue weighted by Gasteiger charge is 2.24. The molecule has 4 heteroatoms. The Morgan fingerprint density at radius 3 is 3.24 bits per heavy atom. The third kappa shape index (κ3) is 3.13. The number of hydrogen-bond donors (Lipinski definition) is 1. The number of nitrogens with zero attached hydrogens (tertiary/aromatic N) is 2. The minimum atomic E-state index is 0.496. The number of nitriles is 1. The van der Waals surface area contributed by atoms with E-state index in [1.165, 1.54) is 25.0 Å². The molecule has 90 valence electrons. The molecule has 1 heterocycles. The van der Waals surface area contributed by atoms with Gasteiger partial charge in [0.25, 0.3) is 0 Å². The molecule has 0 amide bonds. The molecule has 0 aromatic carbocycles. The van der Waals surface area contributed by atoms with Gasteiger partial charge in [-0.2, -0.15) is 17.0 Å². The quantitative estimate of drug-likeness (QED) is 0.888. The first-order chi connectivity index (χ1) is 8.33. The van der Waals surface area contributed by atoms with Crippen LogP contribution in [0.25, 0.3) is 0 Å². The van der Waals surface area contributed by atoms with Gasteiger partial charge < -0.3 is 5.32 Å². The average molecular weight is 247 g/mol. The lowest BCUT2D eigenvalue weighted by Crippen LogP contribution is -2.16. The van der Waals surface area contributed by atoms with Crippen LogP contribution in [0.5, 0.6) is 0 Å². The number of nitrogens with one attached hydrogen (secondary N) is 1. The van der Waals surface area contributed by atoms with Crippen LogP contribution in [0, 0.1) is 11.3 Å². The van der Waals surface area contributed by atoms with E-state index >= 15 is 0 Å². The maximum absolute atomic E-state index is 9.01. The van der Waals surface area contributed by atoms with Crippen molar-refractivity contribution in [3.63, 3.8) is 0 Å². The standard InChI is InChI=1S/C13H17N3S/c1-2-17-12-4-3-11(7-12)16-13-9-15-6-5-10(13)8-14/h5-6,9,11-12,16H,2-4,7H2,1H3. The Labute approximate surface area is 107 Å². The molecule has 3 nitrogen and oxygen atoms in total. The Balaban J connectivity index is 1.96. The summed E-state index contributed by atoms with van der Waals surface area (Å²) in [5.74, 6) is 1.19. The summed E-state index contributed by atoms with van der Waals surface area (Å²) in [6.07, 6.45) is 7.07. The Morgan fingerprint density at radius 1 is 1.59 bits per heavy atom. The van der Waals surface area contributed by atoms with E-state index in [0.29, 0.717) is 11.6 Å². The summed E-state index contributed by atoms with van der Waals surface area (Å²) in [6.45, 7) is 2.21. The van der Waals surface area contributed by atoms with Gasteiger partial charge in [0.15, 0.2) is 0 Å². The van der Waals surface area contributed by atoms with Crippen LogP contribution in [0.4, 0.5) is 5.69 Å². The molecule has 0 bridgehead atoms. The molecule has 2 rings (SSSR count). The van der Waals surface area contributed by atoms with E-state index in [1.807, 2.05) is 11.8 Å². The second kappa shape index (κ2) is 5.92. The van der Waals surface area contributed by atoms with Crippen LogP contribution in [0.3, 0.4) is 0 Å². The maximum Gasteiger partial charge on any atom is 0.101 e. The van der Waals surface area contributed by atoms with Crippen LogP contribution in [0.2, 0.25) is 0 Å². The third-order valence-electron chi connectivity index (χ3n) is 3.09. The van der Waals surface area contributed by atoms with Gasteiger partial charge in [0.05, 0.1) is 17.4 Å². The minimum absolute atomic E-state index is 0.496. The summed E-state index contributed by atoms with van der Waals surface area (Å²) in [6, 6.07) is 4.45. The third-order valence-corrected chi connectivity index (χ3v) is 4.32. The molecule has 1 aliphatic rings. The summed E-state index contributed by atoms with van der Waals surface area (Å²) >= 11 is 2.04. The van der Waals surface area contributed by atoms with E-state index in [1.54, 1.807) is 18.5 Å². The average Bonchev–Trinajstić information content (AvgIpc) is 2.78. The summed E-state index contributed by atoms with van der Waals surface area (Å²) in [7, 11) is 0. The molecule has 2 unspecified atom stereocenters. The van der Waals surface area contributed by atoms with Crippen molar-refractivity contribution in [3.8, 4) is 6.07 Å². The van der Waals surface area contributed by atoms with Gasteiger partial charge in [0.2, 0.25) is 0 Å². The van der Waals surface area contributed by atoms with Crippen molar-refractivity contribution in [1.82, 2.24) is 4.98 Å². The van der Waals surface area contributed by atoms with Crippen molar-refractivity contribution in [1.29, 1.82) is 5.26 Å². The second-order valence-corrected chi connectivity index (χ2v) is 5.84. The van der Waals surface area contributed by atoms with Crippen LogP contribution in [-0.2, 0) is 0 Å². The number of hydrogen-bond acceptors (Lipinski definition) is 4. The molecule has 1 aliphatic carbocycles. The molecule has 0 aliphatic heterocycles. The Bertz CT molecular complexity index is 413. The lowest BCUT2D eigenvalue weighted by molar-refractivity contribution is 0.756. The van der Waals surface area contributed by atoms with Crippen molar-refractivity contribution >= 4 is 17.4 Å². The zero-order chi connectivity index (χ0) is 12.1. The molecule has 1 N–H and O–H groups in total. The van der Waals surface area contributed by atoms with Crippen molar-refractivity contribution in [3.05, 3.63) is 24.0 Å². The van der Waals surface area contributed by atoms with E-state index < -0.39 is 0 Å². The van der Waals surface area contributed by atoms with Gasteiger partial charge in [-0.05, 0) is 31.1 Å². The number of thioether (sulfide) groups is 1. The molecule has 2 atom stereocenters. The Kier molecular flexibility index (Phi) is 4.27. The number of aromatic nitrogens is 1. The van der Waals surface area contributed by atoms with Crippen LogP contribution in [-0.4, -0.2) is 22.0 Å². The summed E-state index contributed by atoms with van der Waals surface area (Å²) in [5.41, 5.74) is 1.56. The zero-order valence-corrected chi connectivity index (χ0v) is 10.8. The first-order valence-corrected chi connectivity index (χ1v) is 7.10. The lowest BCUT2D eigenvalue weighted by Gasteiger charge is -2.15.